The number of carboxylic acid groups (broad SMARTS) is 2. The zero-order valence-electron chi connectivity index (χ0n) is 61.5. The lowest BCUT2D eigenvalue weighted by Crippen LogP contribution is -2.61. The number of carboxylic acids is 2. The second-order valence-electron chi connectivity index (χ2n) is 28.6. The Morgan fingerprint density at radius 1 is 0.606 bits per heavy atom. The van der Waals surface area contributed by atoms with E-state index in [1.165, 1.54) is 62.6 Å². The molecule has 10 amide bonds. The molecule has 0 radical (unpaired) electrons. The SMILES string of the molecule is C[C@@H]1NC(=O)[C@H]([C@@H](C)O)NC(=O)[C@@H]2CCCN2C(=O)[C@H](CCC(=O)O)NC(=O)CN(C(=O)CCCCNC(=S)Nc2ccc3c(c2)C2(OC3=O)c3ccc(O)cc3Oc3cc(O)ccc32)CCCCCCC=CCCCCCCN(CC(N)=O)C(=O)[C@H](CCC(=O)O)NC(=O)[C@@H]2CCCN2C(=O)[C@@H]2CCCN2C1=O. The standard InChI is InChI=1S/C76H100N12O20S/c1-45-70(102)88-39-19-22-58(88)73(105)87-38-18-20-56(87)67(99)82-54(30-32-64(95)96)71(103)85(43-61(77)92)36-16-12-10-8-6-4-3-5-7-9-11-15-35-84(44-62(93)81-55(31-33-65(97)98)72(104)86-37-17-21-57(86)68(100)83-66(46(2)89)69(101)79-45)63(94)23-13-14-34-78-75(109)80-47-24-27-50-53(40-47)76(108-74(50)106)51-28-25-48(90)41-59(51)107-60-42-49(91)26-29-52(60)76/h3-4,24-29,40-42,45-46,54-58,66,89-91H,5-23,30-39,43-44H2,1-2H3,(H2,77,92)(H,79,101)(H,81,93)(H,82,99)(H,83,100)(H,95,96)(H,97,98)(H2,78,80,109)/t45-,46+,54-,55-,56-,57-,58-,66-/m0/s1. The Morgan fingerprint density at radius 2 is 1.16 bits per heavy atom. The molecule has 32 nitrogen and oxygen atoms in total. The summed E-state index contributed by atoms with van der Waals surface area (Å²) in [5, 5.41) is 68.1. The van der Waals surface area contributed by atoms with Gasteiger partial charge in [0.2, 0.25) is 59.1 Å². The van der Waals surface area contributed by atoms with E-state index in [0.717, 1.165) is 38.5 Å². The number of thiocarbonyl (C=S) groups is 1. The molecule has 590 valence electrons. The number of nitrogens with zero attached hydrogens (tertiary/aromatic N) is 5. The first-order valence-electron chi connectivity index (χ1n) is 37.7. The predicted octanol–water partition coefficient (Wildman–Crippen LogP) is 3.78. The summed E-state index contributed by atoms with van der Waals surface area (Å²) in [5.41, 5.74) is 6.17. The number of allylic oxidation sites excluding steroid dienone is 2. The minimum atomic E-state index is -1.70. The number of primary amides is 1. The molecule has 3 aromatic carbocycles. The van der Waals surface area contributed by atoms with E-state index >= 15 is 0 Å². The van der Waals surface area contributed by atoms with Crippen LogP contribution < -0.4 is 42.4 Å². The van der Waals surface area contributed by atoms with Gasteiger partial charge in [-0.2, -0.15) is 0 Å². The maximum Gasteiger partial charge on any atom is 0.340 e. The molecule has 0 unspecified atom stereocenters. The second kappa shape index (κ2) is 38.6. The second-order valence-corrected chi connectivity index (χ2v) is 29.0. The van der Waals surface area contributed by atoms with Gasteiger partial charge in [-0.25, -0.2) is 4.79 Å². The molecule has 0 aliphatic carbocycles. The number of benzene rings is 3. The van der Waals surface area contributed by atoms with Crippen molar-refractivity contribution in [3.8, 4) is 23.0 Å². The predicted molar refractivity (Wildman–Crippen MR) is 397 cm³/mol. The number of aliphatic hydroxyl groups is 1. The molecule has 6 aliphatic rings. The number of unbranched alkanes of at least 4 members (excludes halogenated alkanes) is 1. The van der Waals surface area contributed by atoms with Gasteiger partial charge in [-0.3, -0.25) is 57.5 Å². The number of aromatic hydroxyl groups is 2. The van der Waals surface area contributed by atoms with Crippen molar-refractivity contribution in [1.29, 1.82) is 0 Å². The lowest BCUT2D eigenvalue weighted by Gasteiger charge is -2.36. The van der Waals surface area contributed by atoms with E-state index in [1.54, 1.807) is 30.3 Å². The van der Waals surface area contributed by atoms with Crippen LogP contribution in [0.3, 0.4) is 0 Å². The molecule has 8 atom stereocenters. The molecule has 3 saturated heterocycles. The number of phenolic OH excluding ortho intramolecular Hbond substituents is 2. The van der Waals surface area contributed by atoms with Gasteiger partial charge in [0.05, 0.1) is 24.8 Å². The molecule has 0 aromatic heterocycles. The van der Waals surface area contributed by atoms with Crippen molar-refractivity contribution < 1.29 is 97.3 Å². The smallest absolute Gasteiger partial charge is 0.340 e. The number of phenols is 2. The number of hydrogen-bond acceptors (Lipinski definition) is 19. The van der Waals surface area contributed by atoms with E-state index in [2.05, 4.69) is 44.1 Å². The Hall–Kier alpha value is -10.4. The average molecular weight is 1530 g/mol. The molecule has 9 rings (SSSR count). The van der Waals surface area contributed by atoms with E-state index in [9.17, 15) is 87.9 Å². The summed E-state index contributed by atoms with van der Waals surface area (Å²) in [7, 11) is 0. The van der Waals surface area contributed by atoms with Gasteiger partial charge >= 0.3 is 17.9 Å². The van der Waals surface area contributed by atoms with E-state index in [4.69, 9.17) is 27.4 Å². The molecule has 33 heteroatoms. The third-order valence-corrected chi connectivity index (χ3v) is 20.8. The highest BCUT2D eigenvalue weighted by Gasteiger charge is 2.54. The highest BCUT2D eigenvalue weighted by Crippen LogP contribution is 2.57. The summed E-state index contributed by atoms with van der Waals surface area (Å²) in [6.07, 6.45) is 10.0. The first-order valence-corrected chi connectivity index (χ1v) is 38.1. The van der Waals surface area contributed by atoms with Gasteiger partial charge in [-0.15, -0.1) is 0 Å². The molecule has 13 N–H and O–H groups in total. The molecular formula is C76H100N12O20S. The molecule has 3 fully saturated rings. The van der Waals surface area contributed by atoms with E-state index in [1.807, 2.05) is 0 Å². The first kappa shape index (κ1) is 82.6. The van der Waals surface area contributed by atoms with Crippen molar-refractivity contribution in [3.05, 3.63) is 89.0 Å². The minimum absolute atomic E-state index is 0.000246. The van der Waals surface area contributed by atoms with Gasteiger partial charge in [-0.1, -0.05) is 37.8 Å². The van der Waals surface area contributed by atoms with Gasteiger partial charge in [0, 0.05) is 93.0 Å². The monoisotopic (exact) mass is 1530 g/mol. The summed E-state index contributed by atoms with van der Waals surface area (Å²) in [5.74, 6) is -10.2. The minimum Gasteiger partial charge on any atom is -0.508 e. The van der Waals surface area contributed by atoms with E-state index < -0.39 is 157 Å². The number of nitrogens with two attached hydrogens (primary N) is 1. The van der Waals surface area contributed by atoms with E-state index in [-0.39, 0.29) is 111 Å². The van der Waals surface area contributed by atoms with Crippen molar-refractivity contribution >= 4 is 100.0 Å². The maximum absolute atomic E-state index is 14.6. The third kappa shape index (κ3) is 21.3. The van der Waals surface area contributed by atoms with Gasteiger partial charge in [0.15, 0.2) is 10.7 Å². The van der Waals surface area contributed by atoms with Crippen LogP contribution in [0, 0.1) is 0 Å². The largest absolute Gasteiger partial charge is 0.508 e. The van der Waals surface area contributed by atoms with Crippen molar-refractivity contribution in [1.82, 2.24) is 51.1 Å². The molecule has 3 aromatic rings. The molecule has 109 heavy (non-hydrogen) atoms. The number of carbonyl (C=O) groups is 13. The van der Waals surface area contributed by atoms with Crippen LogP contribution in [0.25, 0.3) is 0 Å². The van der Waals surface area contributed by atoms with Crippen molar-refractivity contribution in [2.24, 2.45) is 5.73 Å². The molecule has 6 heterocycles. The summed E-state index contributed by atoms with van der Waals surface area (Å²) >= 11 is 5.69. The van der Waals surface area contributed by atoms with Gasteiger partial charge in [0.25, 0.3) is 0 Å². The zero-order chi connectivity index (χ0) is 78.6. The number of amides is 10. The molecule has 1 spiro atoms. The number of fused-ring (bicyclic) bond motifs is 9. The molecular weight excluding hydrogens is 1430 g/mol. The number of esters is 1. The van der Waals surface area contributed by atoms with Gasteiger partial charge in [-0.05, 0) is 171 Å². The molecule has 0 bridgehead atoms. The number of carbonyl (C=O) groups excluding carboxylic acids is 11. The van der Waals surface area contributed by atoms with Crippen LogP contribution in [0.5, 0.6) is 23.0 Å². The van der Waals surface area contributed by atoms with Crippen molar-refractivity contribution in [2.75, 3.05) is 57.7 Å². The van der Waals surface area contributed by atoms with Crippen molar-refractivity contribution in [3.63, 3.8) is 0 Å². The highest BCUT2D eigenvalue weighted by molar-refractivity contribution is 7.80. The fraction of sp³-hybridized carbons (Fsp3) is 0.553. The van der Waals surface area contributed by atoms with Crippen LogP contribution >= 0.6 is 12.2 Å². The molecule has 0 saturated carbocycles. The Labute approximate surface area is 636 Å². The van der Waals surface area contributed by atoms with Crippen LogP contribution in [-0.2, 0) is 67.9 Å². The highest BCUT2D eigenvalue weighted by atomic mass is 32.1. The quantitative estimate of drug-likeness (QED) is 0.0446. The Kier molecular flexibility index (Phi) is 29.2. The number of aliphatic hydroxyl groups excluding tert-OH is 1. The van der Waals surface area contributed by atoms with Crippen LogP contribution in [0.1, 0.15) is 189 Å². The fourth-order valence-electron chi connectivity index (χ4n) is 15.0. The maximum atomic E-state index is 14.6. The Bertz CT molecular complexity index is 3900. The van der Waals surface area contributed by atoms with Crippen LogP contribution in [0.4, 0.5) is 5.69 Å². The normalized spacial score (nSPS) is 23.5. The summed E-state index contributed by atoms with van der Waals surface area (Å²) in [4.78, 5) is 185. The van der Waals surface area contributed by atoms with E-state index in [0.29, 0.717) is 80.3 Å². The number of nitrogens with one attached hydrogen (secondary N) is 6. The first-order chi connectivity index (χ1) is 52.1. The number of hydrogen-bond donors (Lipinski definition) is 12. The summed E-state index contributed by atoms with van der Waals surface area (Å²) in [6, 6.07) is 4.47. The summed E-state index contributed by atoms with van der Waals surface area (Å²) in [6.45, 7) is 2.31. The fourth-order valence-corrected chi connectivity index (χ4v) is 15.3. The van der Waals surface area contributed by atoms with Crippen LogP contribution in [0.15, 0.2) is 66.7 Å². The number of rotatable bonds is 15. The molecule has 6 aliphatic heterocycles. The van der Waals surface area contributed by atoms with Crippen molar-refractivity contribution in [2.45, 2.75) is 216 Å². The zero-order valence-corrected chi connectivity index (χ0v) is 62.3. The lowest BCUT2D eigenvalue weighted by atomic mass is 9.77. The van der Waals surface area contributed by atoms with Crippen LogP contribution in [-0.4, -0.2) is 233 Å². The van der Waals surface area contributed by atoms with Gasteiger partial charge in [0.1, 0.15) is 65.3 Å². The number of aliphatic carboxylic acids is 2. The van der Waals surface area contributed by atoms with Gasteiger partial charge < -0.3 is 97.1 Å². The topological polar surface area (TPSA) is 456 Å². The number of anilines is 1. The average Bonchev–Trinajstić information content (AvgIpc) is 1.44. The number of ether oxygens (including phenoxy) is 2. The van der Waals surface area contributed by atoms with Crippen LogP contribution in [0.2, 0.25) is 0 Å². The lowest BCUT2D eigenvalue weighted by molar-refractivity contribution is -0.148. The third-order valence-electron chi connectivity index (χ3n) is 20.6. The Morgan fingerprint density at radius 3 is 1.74 bits per heavy atom. The Balaban J connectivity index is 0.863. The summed E-state index contributed by atoms with van der Waals surface area (Å²) < 4.78 is 12.3.